The van der Waals surface area contributed by atoms with Gasteiger partial charge in [0.15, 0.2) is 5.82 Å². The van der Waals surface area contributed by atoms with Crippen LogP contribution in [0.1, 0.15) is 79.1 Å². The third kappa shape index (κ3) is 16.9. The van der Waals surface area contributed by atoms with Crippen LogP contribution in [0.2, 0.25) is 0 Å². The number of likely N-dealkylation sites (N-methyl/N-ethyl adjacent to an activating group) is 1. The van der Waals surface area contributed by atoms with Gasteiger partial charge in [-0.3, -0.25) is 0 Å². The maximum Gasteiger partial charge on any atom is 0.152 e. The fourth-order valence-corrected chi connectivity index (χ4v) is 4.32. The largest absolute Gasteiger partial charge is 0.388 e. The molecule has 0 saturated heterocycles. The molecule has 0 aliphatic carbocycles. The smallest absolute Gasteiger partial charge is 0.152 e. The molecule has 0 aliphatic rings. The van der Waals surface area contributed by atoms with Crippen molar-refractivity contribution in [3.8, 4) is 0 Å². The molecule has 1 aromatic carbocycles. The third-order valence-electron chi connectivity index (χ3n) is 6.78. The Balaban J connectivity index is 0.000000963. The molecular formula is C36H62N6OS. The molecule has 0 atom stereocenters. The third-order valence-corrected chi connectivity index (χ3v) is 6.78. The number of imidazole rings is 1. The number of aromatic nitrogens is 3. The number of rotatable bonds is 17. The number of hydrogen-bond donors (Lipinski definition) is 3. The number of nitrogens with two attached hydrogens (primary N) is 1. The van der Waals surface area contributed by atoms with Gasteiger partial charge in [-0.2, -0.15) is 12.6 Å². The van der Waals surface area contributed by atoms with Crippen LogP contribution in [-0.4, -0.2) is 66.1 Å². The molecule has 3 N–H and O–H groups in total. The molecule has 0 saturated carbocycles. The molecule has 0 aliphatic heterocycles. The first-order valence-electron chi connectivity index (χ1n) is 16.3. The quantitative estimate of drug-likeness (QED) is 0.0602. The van der Waals surface area contributed by atoms with Gasteiger partial charge in [-0.05, 0) is 71.1 Å². The van der Waals surface area contributed by atoms with E-state index in [2.05, 4.69) is 83.9 Å². The lowest BCUT2D eigenvalue weighted by Gasteiger charge is -2.14. The van der Waals surface area contributed by atoms with E-state index in [1.54, 1.807) is 6.26 Å². The fraction of sp³-hybridized carbons (Fsp3) is 0.556. The van der Waals surface area contributed by atoms with E-state index in [1.807, 2.05) is 56.7 Å². The lowest BCUT2D eigenvalue weighted by Crippen LogP contribution is -2.20. The Labute approximate surface area is 274 Å². The molecule has 44 heavy (non-hydrogen) atoms. The summed E-state index contributed by atoms with van der Waals surface area (Å²) in [4.78, 5) is 11.3. The van der Waals surface area contributed by atoms with Crippen molar-refractivity contribution in [3.63, 3.8) is 0 Å². The lowest BCUT2D eigenvalue weighted by molar-refractivity contribution is 0.122. The lowest BCUT2D eigenvalue weighted by atomic mass is 10.2. The van der Waals surface area contributed by atoms with Crippen molar-refractivity contribution in [2.45, 2.75) is 85.6 Å². The highest BCUT2D eigenvalue weighted by atomic mass is 32.1. The van der Waals surface area contributed by atoms with Gasteiger partial charge in [0, 0.05) is 31.3 Å². The van der Waals surface area contributed by atoms with Crippen LogP contribution in [0.3, 0.4) is 0 Å². The molecule has 0 radical (unpaired) electrons. The van der Waals surface area contributed by atoms with Crippen LogP contribution in [0.4, 0.5) is 5.82 Å². The zero-order chi connectivity index (χ0) is 33.0. The Bertz CT molecular complexity index is 1190. The van der Waals surface area contributed by atoms with E-state index in [-0.39, 0.29) is 0 Å². The number of thiol groups is 1. The first-order chi connectivity index (χ1) is 21.5. The molecule has 7 nitrogen and oxygen atoms in total. The minimum absolute atomic E-state index is 0.484. The number of fused-ring (bicyclic) bond motifs is 3. The maximum atomic E-state index is 6.08. The Morgan fingerprint density at radius 1 is 1.05 bits per heavy atom. The maximum absolute atomic E-state index is 6.08. The number of pyridine rings is 1. The van der Waals surface area contributed by atoms with Gasteiger partial charge in [0.2, 0.25) is 0 Å². The molecule has 0 fully saturated rings. The number of ether oxygens (including phenoxy) is 1. The van der Waals surface area contributed by atoms with Gasteiger partial charge in [-0.1, -0.05) is 82.9 Å². The number of nitrogen functional groups attached to an aromatic ring is 1. The van der Waals surface area contributed by atoms with E-state index < -0.39 is 0 Å². The van der Waals surface area contributed by atoms with E-state index in [0.29, 0.717) is 12.4 Å². The minimum atomic E-state index is 0.484. The molecule has 0 amide bonds. The van der Waals surface area contributed by atoms with E-state index >= 15 is 0 Å². The molecule has 2 heterocycles. The second-order valence-corrected chi connectivity index (χ2v) is 10.4. The minimum Gasteiger partial charge on any atom is -0.388 e. The van der Waals surface area contributed by atoms with Crippen molar-refractivity contribution in [3.05, 3.63) is 67.2 Å². The average molecular weight is 627 g/mol. The van der Waals surface area contributed by atoms with E-state index in [1.165, 1.54) is 51.6 Å². The summed E-state index contributed by atoms with van der Waals surface area (Å²) in [7, 11) is 4.12. The van der Waals surface area contributed by atoms with Crippen molar-refractivity contribution in [2.24, 2.45) is 0 Å². The summed E-state index contributed by atoms with van der Waals surface area (Å²) in [6.07, 6.45) is 21.2. The molecule has 0 spiro atoms. The van der Waals surface area contributed by atoms with Crippen LogP contribution in [-0.2, 0) is 11.3 Å². The summed E-state index contributed by atoms with van der Waals surface area (Å²) in [6, 6.07) is 8.06. The summed E-state index contributed by atoms with van der Waals surface area (Å²) in [6.45, 7) is 16.9. The number of nitrogens with one attached hydrogen (secondary N) is 1. The number of allylic oxidation sites excluding steroid dienone is 4. The van der Waals surface area contributed by atoms with Gasteiger partial charge < -0.3 is 25.3 Å². The number of unbranched alkanes of at least 4 members (excludes halogenated alkanes) is 4. The fourth-order valence-electron chi connectivity index (χ4n) is 4.32. The summed E-state index contributed by atoms with van der Waals surface area (Å²) >= 11 is 3.53. The highest BCUT2D eigenvalue weighted by Crippen LogP contribution is 2.26. The van der Waals surface area contributed by atoms with Gasteiger partial charge in [-0.25, -0.2) is 9.97 Å². The molecule has 248 valence electrons. The van der Waals surface area contributed by atoms with Crippen molar-refractivity contribution in [1.29, 1.82) is 0 Å². The standard InChI is InChI=1S/C22H33N5O.C9H15N.C4H10.CH4S/c1-3-12-26(2)13-8-4-5-9-15-28-16-14-27-17-24-20-21(27)18-10-6-7-11-19(18)25-22(20)23;1-4-6-8-9(10-3)7-5-2;1-3-4-2;1-2/h6-7,10-11,17H,3-5,8-9,12-16H2,1-2H3,(H2,23,25);4-5,7-8,10H,1,6H2,2-3H3;3-4H2,1-2H3;2H,1H3/b;7-5-,9-8?;;. The molecule has 3 rings (SSSR count). The summed E-state index contributed by atoms with van der Waals surface area (Å²) in [5.41, 5.74) is 9.94. The summed E-state index contributed by atoms with van der Waals surface area (Å²) in [5, 5.41) is 4.15. The van der Waals surface area contributed by atoms with Gasteiger partial charge in [0.1, 0.15) is 5.52 Å². The Morgan fingerprint density at radius 2 is 1.75 bits per heavy atom. The number of hydrogen-bond acceptors (Lipinski definition) is 7. The van der Waals surface area contributed by atoms with E-state index in [9.17, 15) is 0 Å². The van der Waals surface area contributed by atoms with Crippen molar-refractivity contribution < 1.29 is 4.74 Å². The molecule has 3 aromatic rings. The predicted octanol–water partition coefficient (Wildman–Crippen LogP) is 8.68. The summed E-state index contributed by atoms with van der Waals surface area (Å²) < 4.78 is 7.98. The van der Waals surface area contributed by atoms with Crippen LogP contribution >= 0.6 is 12.6 Å². The summed E-state index contributed by atoms with van der Waals surface area (Å²) in [5.74, 6) is 0.484. The molecular weight excluding hydrogens is 565 g/mol. The number of benzene rings is 1. The highest BCUT2D eigenvalue weighted by Gasteiger charge is 2.11. The SMILES string of the molecule is C=CCC=C(/C=C\C)NC.CCCC.CCCN(C)CCCCCCOCCn1cnc2c(N)nc3ccccc3c21.CS. The molecule has 8 heteroatoms. The normalized spacial score (nSPS) is 11.1. The first kappa shape index (κ1) is 41.2. The van der Waals surface area contributed by atoms with Crippen LogP contribution < -0.4 is 11.1 Å². The molecule has 0 unspecified atom stereocenters. The van der Waals surface area contributed by atoms with Crippen molar-refractivity contribution >= 4 is 40.4 Å². The monoisotopic (exact) mass is 626 g/mol. The van der Waals surface area contributed by atoms with E-state index in [4.69, 9.17) is 10.5 Å². The van der Waals surface area contributed by atoms with Crippen molar-refractivity contribution in [1.82, 2.24) is 24.8 Å². The van der Waals surface area contributed by atoms with Gasteiger partial charge in [0.25, 0.3) is 0 Å². The average Bonchev–Trinajstić information content (AvgIpc) is 3.49. The van der Waals surface area contributed by atoms with Crippen LogP contribution in [0, 0.1) is 0 Å². The Morgan fingerprint density at radius 3 is 2.39 bits per heavy atom. The van der Waals surface area contributed by atoms with E-state index in [0.717, 1.165) is 53.6 Å². The second kappa shape index (κ2) is 27.7. The van der Waals surface area contributed by atoms with Gasteiger partial charge in [0.05, 0.1) is 24.0 Å². The molecule has 0 bridgehead atoms. The number of anilines is 1. The second-order valence-electron chi connectivity index (χ2n) is 10.4. The van der Waals surface area contributed by atoms with Crippen LogP contribution in [0.25, 0.3) is 21.9 Å². The number of nitrogens with zero attached hydrogens (tertiary/aromatic N) is 4. The van der Waals surface area contributed by atoms with Crippen LogP contribution in [0.5, 0.6) is 0 Å². The topological polar surface area (TPSA) is 81.2 Å². The Hall–Kier alpha value is -2.81. The predicted molar refractivity (Wildman–Crippen MR) is 199 cm³/mol. The Kier molecular flexibility index (Phi) is 25.9. The van der Waals surface area contributed by atoms with Crippen molar-refractivity contribution in [2.75, 3.05) is 52.4 Å². The van der Waals surface area contributed by atoms with Crippen LogP contribution in [0.15, 0.2) is 67.2 Å². The van der Waals surface area contributed by atoms with Gasteiger partial charge >= 0.3 is 0 Å². The molecule has 2 aromatic heterocycles. The zero-order valence-electron chi connectivity index (χ0n) is 28.8. The highest BCUT2D eigenvalue weighted by molar-refractivity contribution is 7.79. The van der Waals surface area contributed by atoms with Gasteiger partial charge in [-0.15, -0.1) is 6.58 Å². The number of para-hydroxylation sites is 1. The first-order valence-corrected chi connectivity index (χ1v) is 17.2. The zero-order valence-corrected chi connectivity index (χ0v) is 29.7.